The SMILES string of the molecule is CNC(=O)c1cc(OC2CC2)c(Br)cn1. The second-order valence-electron chi connectivity index (χ2n) is 3.40. The number of nitrogens with one attached hydrogen (secondary N) is 1. The van der Waals surface area contributed by atoms with Crippen LogP contribution in [0.1, 0.15) is 23.3 Å². The van der Waals surface area contributed by atoms with Crippen LogP contribution in [0.15, 0.2) is 16.7 Å². The highest BCUT2D eigenvalue weighted by molar-refractivity contribution is 9.10. The van der Waals surface area contributed by atoms with Crippen LogP contribution in [-0.4, -0.2) is 24.0 Å². The number of hydrogen-bond acceptors (Lipinski definition) is 3. The first kappa shape index (κ1) is 10.4. The molecule has 1 saturated carbocycles. The van der Waals surface area contributed by atoms with E-state index in [1.165, 1.54) is 0 Å². The third kappa shape index (κ3) is 2.47. The average Bonchev–Trinajstić information content (AvgIpc) is 3.04. The highest BCUT2D eigenvalue weighted by Crippen LogP contribution is 2.31. The van der Waals surface area contributed by atoms with Gasteiger partial charge in [0.1, 0.15) is 11.4 Å². The lowest BCUT2D eigenvalue weighted by Crippen LogP contribution is -2.19. The van der Waals surface area contributed by atoms with Crippen molar-refractivity contribution in [1.82, 2.24) is 10.3 Å². The Hall–Kier alpha value is -1.10. The fraction of sp³-hybridized carbons (Fsp3) is 0.400. The lowest BCUT2D eigenvalue weighted by atomic mass is 10.3. The maximum absolute atomic E-state index is 11.3. The van der Waals surface area contributed by atoms with E-state index in [1.807, 2.05) is 0 Å². The van der Waals surface area contributed by atoms with E-state index >= 15 is 0 Å². The van der Waals surface area contributed by atoms with Gasteiger partial charge in [0.15, 0.2) is 0 Å². The van der Waals surface area contributed by atoms with Crippen LogP contribution in [0.2, 0.25) is 0 Å². The molecular weight excluding hydrogens is 260 g/mol. The largest absolute Gasteiger partial charge is 0.489 e. The first-order chi connectivity index (χ1) is 7.20. The van der Waals surface area contributed by atoms with E-state index in [9.17, 15) is 4.79 Å². The third-order valence-electron chi connectivity index (χ3n) is 2.10. The van der Waals surface area contributed by atoms with Crippen LogP contribution >= 0.6 is 15.9 Å². The molecule has 1 aromatic rings. The summed E-state index contributed by atoms with van der Waals surface area (Å²) in [5.74, 6) is 0.481. The van der Waals surface area contributed by atoms with Gasteiger partial charge in [-0.3, -0.25) is 4.79 Å². The molecule has 0 radical (unpaired) electrons. The number of ether oxygens (including phenoxy) is 1. The Kier molecular flexibility index (Phi) is 2.90. The molecule has 4 nitrogen and oxygen atoms in total. The van der Waals surface area contributed by atoms with Crippen molar-refractivity contribution in [2.24, 2.45) is 0 Å². The minimum Gasteiger partial charge on any atom is -0.489 e. The summed E-state index contributed by atoms with van der Waals surface area (Å²) in [6.45, 7) is 0. The van der Waals surface area contributed by atoms with E-state index < -0.39 is 0 Å². The van der Waals surface area contributed by atoms with Crippen molar-refractivity contribution in [2.75, 3.05) is 7.05 Å². The lowest BCUT2D eigenvalue weighted by molar-refractivity contribution is 0.0957. The lowest BCUT2D eigenvalue weighted by Gasteiger charge is -2.07. The molecule has 1 heterocycles. The zero-order valence-corrected chi connectivity index (χ0v) is 9.87. The smallest absolute Gasteiger partial charge is 0.269 e. The van der Waals surface area contributed by atoms with Crippen molar-refractivity contribution in [2.45, 2.75) is 18.9 Å². The van der Waals surface area contributed by atoms with Crippen molar-refractivity contribution in [3.8, 4) is 5.75 Å². The molecule has 0 saturated heterocycles. The Balaban J connectivity index is 2.22. The van der Waals surface area contributed by atoms with Crippen molar-refractivity contribution < 1.29 is 9.53 Å². The van der Waals surface area contributed by atoms with Gasteiger partial charge in [-0.25, -0.2) is 4.98 Å². The van der Waals surface area contributed by atoms with Crippen LogP contribution in [0.25, 0.3) is 0 Å². The number of amides is 1. The van der Waals surface area contributed by atoms with Crippen molar-refractivity contribution in [3.63, 3.8) is 0 Å². The minimum atomic E-state index is -0.205. The minimum absolute atomic E-state index is 0.205. The number of pyridine rings is 1. The predicted molar refractivity (Wildman–Crippen MR) is 59.0 cm³/mol. The molecule has 1 amide bonds. The normalized spacial score (nSPS) is 14.8. The predicted octanol–water partition coefficient (Wildman–Crippen LogP) is 1.74. The highest BCUT2D eigenvalue weighted by atomic mass is 79.9. The molecule has 0 bridgehead atoms. The Labute approximate surface area is 96.2 Å². The summed E-state index contributed by atoms with van der Waals surface area (Å²) in [5.41, 5.74) is 0.372. The van der Waals surface area contributed by atoms with E-state index in [-0.39, 0.29) is 5.91 Å². The maximum atomic E-state index is 11.3. The molecule has 2 rings (SSSR count). The number of hydrogen-bond donors (Lipinski definition) is 1. The topological polar surface area (TPSA) is 51.2 Å². The van der Waals surface area contributed by atoms with Gasteiger partial charge in [-0.1, -0.05) is 0 Å². The molecule has 0 atom stereocenters. The number of rotatable bonds is 3. The molecular formula is C10H11BrN2O2. The molecule has 0 unspecified atom stereocenters. The summed E-state index contributed by atoms with van der Waals surface area (Å²) in [5, 5.41) is 2.52. The second-order valence-corrected chi connectivity index (χ2v) is 4.25. The second kappa shape index (κ2) is 4.18. The van der Waals surface area contributed by atoms with Gasteiger partial charge in [-0.2, -0.15) is 0 Å². The molecule has 0 aromatic carbocycles. The molecule has 1 aliphatic carbocycles. The Morgan fingerprint density at radius 2 is 2.40 bits per heavy atom. The fourth-order valence-corrected chi connectivity index (χ4v) is 1.44. The van der Waals surface area contributed by atoms with Gasteiger partial charge in [-0.15, -0.1) is 0 Å². The zero-order valence-electron chi connectivity index (χ0n) is 8.29. The van der Waals surface area contributed by atoms with Crippen LogP contribution in [-0.2, 0) is 0 Å². The number of aromatic nitrogens is 1. The number of nitrogens with zero attached hydrogens (tertiary/aromatic N) is 1. The van der Waals surface area contributed by atoms with E-state index in [0.29, 0.717) is 17.5 Å². The van der Waals surface area contributed by atoms with Crippen LogP contribution in [0, 0.1) is 0 Å². The first-order valence-corrected chi connectivity index (χ1v) is 5.54. The van der Waals surface area contributed by atoms with Gasteiger partial charge in [0.25, 0.3) is 5.91 Å². The number of halogens is 1. The first-order valence-electron chi connectivity index (χ1n) is 4.75. The van der Waals surface area contributed by atoms with Crippen molar-refractivity contribution in [1.29, 1.82) is 0 Å². The molecule has 5 heteroatoms. The molecule has 0 aliphatic heterocycles. The molecule has 15 heavy (non-hydrogen) atoms. The summed E-state index contributed by atoms with van der Waals surface area (Å²) in [7, 11) is 1.58. The Morgan fingerprint density at radius 1 is 1.67 bits per heavy atom. The molecule has 1 aromatic heterocycles. The van der Waals surface area contributed by atoms with Crippen molar-refractivity contribution >= 4 is 21.8 Å². The summed E-state index contributed by atoms with van der Waals surface area (Å²) < 4.78 is 6.40. The Bertz CT molecular complexity index is 391. The maximum Gasteiger partial charge on any atom is 0.269 e. The molecule has 1 N–H and O–H groups in total. The van der Waals surface area contributed by atoms with E-state index in [0.717, 1.165) is 17.3 Å². The standard InChI is InChI=1S/C10H11BrN2O2/c1-12-10(14)8-4-9(7(11)5-13-8)15-6-2-3-6/h4-6H,2-3H2,1H3,(H,12,14). The quantitative estimate of drug-likeness (QED) is 0.911. The molecule has 80 valence electrons. The van der Waals surface area contributed by atoms with Crippen LogP contribution in [0.5, 0.6) is 5.75 Å². The van der Waals surface area contributed by atoms with Gasteiger partial charge in [0.05, 0.1) is 10.6 Å². The molecule has 1 aliphatic rings. The number of carbonyl (C=O) groups excluding carboxylic acids is 1. The van der Waals surface area contributed by atoms with Crippen LogP contribution in [0.4, 0.5) is 0 Å². The van der Waals surface area contributed by atoms with Crippen LogP contribution in [0.3, 0.4) is 0 Å². The summed E-state index contributed by atoms with van der Waals surface area (Å²) >= 11 is 3.34. The average molecular weight is 271 g/mol. The summed E-state index contributed by atoms with van der Waals surface area (Å²) in [6, 6.07) is 1.65. The summed E-state index contributed by atoms with van der Waals surface area (Å²) in [4.78, 5) is 15.3. The molecule has 0 spiro atoms. The van der Waals surface area contributed by atoms with Crippen molar-refractivity contribution in [3.05, 3.63) is 22.4 Å². The van der Waals surface area contributed by atoms with Gasteiger partial charge < -0.3 is 10.1 Å². The summed E-state index contributed by atoms with van der Waals surface area (Å²) in [6.07, 6.45) is 4.07. The van der Waals surface area contributed by atoms with Gasteiger partial charge in [-0.05, 0) is 28.8 Å². The van der Waals surface area contributed by atoms with Gasteiger partial charge in [0.2, 0.25) is 0 Å². The van der Waals surface area contributed by atoms with Crippen LogP contribution < -0.4 is 10.1 Å². The monoisotopic (exact) mass is 270 g/mol. The van der Waals surface area contributed by atoms with Gasteiger partial charge >= 0.3 is 0 Å². The zero-order chi connectivity index (χ0) is 10.8. The fourth-order valence-electron chi connectivity index (χ4n) is 1.13. The third-order valence-corrected chi connectivity index (χ3v) is 2.69. The van der Waals surface area contributed by atoms with E-state index in [2.05, 4.69) is 26.2 Å². The molecule has 1 fully saturated rings. The number of carbonyl (C=O) groups is 1. The highest BCUT2D eigenvalue weighted by Gasteiger charge is 2.24. The Morgan fingerprint density at radius 3 is 3.00 bits per heavy atom. The van der Waals surface area contributed by atoms with Gasteiger partial charge in [0, 0.05) is 19.3 Å². The van der Waals surface area contributed by atoms with E-state index in [4.69, 9.17) is 4.74 Å². The van der Waals surface area contributed by atoms with E-state index in [1.54, 1.807) is 19.3 Å².